The molecule has 0 aliphatic heterocycles. The fraction of sp³-hybridized carbons (Fsp3) is 0.455. The summed E-state index contributed by atoms with van der Waals surface area (Å²) in [5.41, 5.74) is 6.21. The lowest BCUT2D eigenvalue weighted by Gasteiger charge is -2.13. The highest BCUT2D eigenvalue weighted by atomic mass is 19.2. The first-order valence-corrected chi connectivity index (χ1v) is 4.77. The summed E-state index contributed by atoms with van der Waals surface area (Å²) in [6.45, 7) is 1.94. The normalized spacial score (nSPS) is 12.9. The molecule has 0 bridgehead atoms. The second-order valence-corrected chi connectivity index (χ2v) is 3.49. The van der Waals surface area contributed by atoms with Crippen LogP contribution >= 0.6 is 0 Å². The van der Waals surface area contributed by atoms with E-state index < -0.39 is 17.7 Å². The van der Waals surface area contributed by atoms with Crippen molar-refractivity contribution in [2.75, 3.05) is 13.7 Å². The quantitative estimate of drug-likeness (QED) is 0.836. The minimum Gasteiger partial charge on any atom is -0.385 e. The molecule has 15 heavy (non-hydrogen) atoms. The molecule has 1 atom stereocenters. The number of halogens is 2. The second-order valence-electron chi connectivity index (χ2n) is 3.49. The van der Waals surface area contributed by atoms with Crippen molar-refractivity contribution >= 4 is 0 Å². The SMILES string of the molecule is COCCC(N)c1ccc(C)c(F)c1F. The zero-order valence-electron chi connectivity index (χ0n) is 8.89. The Hall–Kier alpha value is -1.00. The van der Waals surface area contributed by atoms with Crippen molar-refractivity contribution in [3.05, 3.63) is 34.9 Å². The summed E-state index contributed by atoms with van der Waals surface area (Å²) in [6.07, 6.45) is 0.468. The van der Waals surface area contributed by atoms with Crippen molar-refractivity contribution in [2.24, 2.45) is 5.73 Å². The average Bonchev–Trinajstić information content (AvgIpc) is 2.23. The van der Waals surface area contributed by atoms with E-state index in [4.69, 9.17) is 10.5 Å². The second kappa shape index (κ2) is 5.19. The molecule has 1 unspecified atom stereocenters. The Labute approximate surface area is 88.0 Å². The summed E-state index contributed by atoms with van der Waals surface area (Å²) in [6, 6.07) is 2.52. The first-order chi connectivity index (χ1) is 7.07. The molecule has 0 aromatic heterocycles. The summed E-state index contributed by atoms with van der Waals surface area (Å²) in [7, 11) is 1.54. The van der Waals surface area contributed by atoms with Crippen LogP contribution in [-0.4, -0.2) is 13.7 Å². The summed E-state index contributed by atoms with van der Waals surface area (Å²) in [4.78, 5) is 0. The van der Waals surface area contributed by atoms with E-state index in [0.717, 1.165) is 0 Å². The minimum absolute atomic E-state index is 0.204. The standard InChI is InChI=1S/C11H15F2NO/c1-7-3-4-8(11(13)10(7)12)9(14)5-6-15-2/h3-4,9H,5-6,14H2,1-2H3. The topological polar surface area (TPSA) is 35.2 Å². The van der Waals surface area contributed by atoms with Gasteiger partial charge in [-0.3, -0.25) is 0 Å². The molecule has 0 amide bonds. The summed E-state index contributed by atoms with van der Waals surface area (Å²) in [5.74, 6) is -1.67. The van der Waals surface area contributed by atoms with E-state index in [1.54, 1.807) is 7.11 Å². The van der Waals surface area contributed by atoms with Gasteiger partial charge in [-0.15, -0.1) is 0 Å². The van der Waals surface area contributed by atoms with Gasteiger partial charge in [-0.1, -0.05) is 12.1 Å². The lowest BCUT2D eigenvalue weighted by molar-refractivity contribution is 0.187. The lowest BCUT2D eigenvalue weighted by atomic mass is 10.0. The van der Waals surface area contributed by atoms with E-state index in [2.05, 4.69) is 0 Å². The maximum absolute atomic E-state index is 13.4. The molecule has 0 spiro atoms. The fourth-order valence-corrected chi connectivity index (χ4v) is 1.35. The molecule has 84 valence electrons. The predicted molar refractivity (Wildman–Crippen MR) is 54.5 cm³/mol. The van der Waals surface area contributed by atoms with Gasteiger partial charge in [0.1, 0.15) is 0 Å². The highest BCUT2D eigenvalue weighted by Gasteiger charge is 2.16. The van der Waals surface area contributed by atoms with E-state index in [-0.39, 0.29) is 11.1 Å². The van der Waals surface area contributed by atoms with Gasteiger partial charge in [0, 0.05) is 25.3 Å². The van der Waals surface area contributed by atoms with Gasteiger partial charge in [-0.25, -0.2) is 8.78 Å². The van der Waals surface area contributed by atoms with Crippen LogP contribution in [0.5, 0.6) is 0 Å². The van der Waals surface area contributed by atoms with Gasteiger partial charge in [0.25, 0.3) is 0 Å². The number of nitrogens with two attached hydrogens (primary N) is 1. The number of hydrogen-bond donors (Lipinski definition) is 1. The van der Waals surface area contributed by atoms with Crippen LogP contribution in [-0.2, 0) is 4.74 Å². The van der Waals surface area contributed by atoms with Crippen LogP contribution in [0.15, 0.2) is 12.1 Å². The van der Waals surface area contributed by atoms with Crippen LogP contribution in [0.2, 0.25) is 0 Å². The summed E-state index contributed by atoms with van der Waals surface area (Å²) >= 11 is 0. The molecule has 0 fully saturated rings. The zero-order chi connectivity index (χ0) is 11.4. The van der Waals surface area contributed by atoms with Gasteiger partial charge in [-0.05, 0) is 18.9 Å². The highest BCUT2D eigenvalue weighted by Crippen LogP contribution is 2.22. The fourth-order valence-electron chi connectivity index (χ4n) is 1.35. The van der Waals surface area contributed by atoms with Gasteiger partial charge in [0.2, 0.25) is 0 Å². The Balaban J connectivity index is 2.90. The van der Waals surface area contributed by atoms with E-state index in [1.165, 1.54) is 19.1 Å². The molecule has 0 aliphatic carbocycles. The van der Waals surface area contributed by atoms with Gasteiger partial charge >= 0.3 is 0 Å². The molecule has 0 heterocycles. The third-order valence-corrected chi connectivity index (χ3v) is 2.34. The third kappa shape index (κ3) is 2.73. The number of benzene rings is 1. The van der Waals surface area contributed by atoms with Crippen molar-refractivity contribution < 1.29 is 13.5 Å². The molecule has 1 rings (SSSR count). The third-order valence-electron chi connectivity index (χ3n) is 2.34. The Morgan fingerprint density at radius 2 is 2.00 bits per heavy atom. The molecule has 2 nitrogen and oxygen atoms in total. The first-order valence-electron chi connectivity index (χ1n) is 4.77. The number of aryl methyl sites for hydroxylation is 1. The van der Waals surface area contributed by atoms with Crippen molar-refractivity contribution in [1.29, 1.82) is 0 Å². The molecule has 1 aromatic carbocycles. The maximum Gasteiger partial charge on any atom is 0.163 e. The highest BCUT2D eigenvalue weighted by molar-refractivity contribution is 5.27. The van der Waals surface area contributed by atoms with Crippen molar-refractivity contribution in [2.45, 2.75) is 19.4 Å². The van der Waals surface area contributed by atoms with E-state index >= 15 is 0 Å². The lowest BCUT2D eigenvalue weighted by Crippen LogP contribution is -2.15. The van der Waals surface area contributed by atoms with E-state index in [0.29, 0.717) is 13.0 Å². The molecule has 0 aliphatic rings. The predicted octanol–water partition coefficient (Wildman–Crippen LogP) is 2.31. The van der Waals surface area contributed by atoms with Crippen LogP contribution in [0.25, 0.3) is 0 Å². The van der Waals surface area contributed by atoms with Crippen molar-refractivity contribution in [1.82, 2.24) is 0 Å². The van der Waals surface area contributed by atoms with Crippen LogP contribution in [0.1, 0.15) is 23.6 Å². The first kappa shape index (κ1) is 12.1. The molecule has 0 saturated carbocycles. The van der Waals surface area contributed by atoms with Crippen LogP contribution < -0.4 is 5.73 Å². The number of rotatable bonds is 4. The minimum atomic E-state index is -0.849. The average molecular weight is 215 g/mol. The maximum atomic E-state index is 13.4. The molecule has 4 heteroatoms. The van der Waals surface area contributed by atoms with Crippen LogP contribution in [0.3, 0.4) is 0 Å². The Kier molecular flexibility index (Phi) is 4.17. The summed E-state index contributed by atoms with van der Waals surface area (Å²) in [5, 5.41) is 0. The summed E-state index contributed by atoms with van der Waals surface area (Å²) < 4.78 is 31.5. The monoisotopic (exact) mass is 215 g/mol. The van der Waals surface area contributed by atoms with Crippen molar-refractivity contribution in [3.63, 3.8) is 0 Å². The smallest absolute Gasteiger partial charge is 0.163 e. The van der Waals surface area contributed by atoms with Gasteiger partial charge in [0.05, 0.1) is 0 Å². The molecule has 0 radical (unpaired) electrons. The number of hydrogen-bond acceptors (Lipinski definition) is 2. The Morgan fingerprint density at radius 3 is 2.60 bits per heavy atom. The molecular formula is C11H15F2NO. The van der Waals surface area contributed by atoms with Crippen LogP contribution in [0, 0.1) is 18.6 Å². The zero-order valence-corrected chi connectivity index (χ0v) is 8.89. The largest absolute Gasteiger partial charge is 0.385 e. The van der Waals surface area contributed by atoms with Crippen LogP contribution in [0.4, 0.5) is 8.78 Å². The Bertz CT molecular complexity index is 342. The van der Waals surface area contributed by atoms with Gasteiger partial charge < -0.3 is 10.5 Å². The van der Waals surface area contributed by atoms with Gasteiger partial charge in [-0.2, -0.15) is 0 Å². The van der Waals surface area contributed by atoms with Gasteiger partial charge in [0.15, 0.2) is 11.6 Å². The van der Waals surface area contributed by atoms with E-state index in [9.17, 15) is 8.78 Å². The molecule has 1 aromatic rings. The molecule has 0 saturated heterocycles. The Morgan fingerprint density at radius 1 is 1.33 bits per heavy atom. The number of methoxy groups -OCH3 is 1. The van der Waals surface area contributed by atoms with E-state index in [1.807, 2.05) is 0 Å². The number of ether oxygens (including phenoxy) is 1. The molecular weight excluding hydrogens is 200 g/mol. The molecule has 2 N–H and O–H groups in total. The van der Waals surface area contributed by atoms with Crippen molar-refractivity contribution in [3.8, 4) is 0 Å².